The lowest BCUT2D eigenvalue weighted by Crippen LogP contribution is -2.16. The molecule has 2 heterocycles. The minimum atomic E-state index is 0.262. The predicted octanol–water partition coefficient (Wildman–Crippen LogP) is 7.30. The highest BCUT2D eigenvalue weighted by Gasteiger charge is 2.26. The van der Waals surface area contributed by atoms with Crippen LogP contribution in [0.25, 0.3) is 21.8 Å². The van der Waals surface area contributed by atoms with E-state index in [2.05, 4.69) is 36.4 Å². The number of ether oxygens (including phenoxy) is 2. The van der Waals surface area contributed by atoms with E-state index < -0.39 is 0 Å². The SMILES string of the molecule is COc1ccc2c3c([nH]c2c1)CCCC3=O.COc1ccc2c3c(n(CCC(C)(C)C)c2c1)CCCC3=O. The fraction of sp³-hybridized carbons (Fsp3) is 0.438. The molecular formula is C32H38N2O4. The molecule has 2 aromatic carbocycles. The molecule has 0 atom stereocenters. The van der Waals surface area contributed by atoms with Gasteiger partial charge in [0.2, 0.25) is 0 Å². The van der Waals surface area contributed by atoms with Crippen LogP contribution in [0.3, 0.4) is 0 Å². The van der Waals surface area contributed by atoms with E-state index in [0.29, 0.717) is 18.6 Å². The van der Waals surface area contributed by atoms with Gasteiger partial charge in [-0.1, -0.05) is 20.8 Å². The predicted molar refractivity (Wildman–Crippen MR) is 152 cm³/mol. The number of ketones is 2. The van der Waals surface area contributed by atoms with E-state index in [-0.39, 0.29) is 11.2 Å². The van der Waals surface area contributed by atoms with Gasteiger partial charge in [-0.05, 0) is 61.8 Å². The van der Waals surface area contributed by atoms with Crippen LogP contribution < -0.4 is 9.47 Å². The third-order valence-electron chi connectivity index (χ3n) is 7.75. The summed E-state index contributed by atoms with van der Waals surface area (Å²) in [5, 5.41) is 2.12. The highest BCUT2D eigenvalue weighted by atomic mass is 16.5. The molecule has 200 valence electrons. The summed E-state index contributed by atoms with van der Waals surface area (Å²) >= 11 is 0. The summed E-state index contributed by atoms with van der Waals surface area (Å²) in [7, 11) is 3.34. The number of Topliss-reactive ketones (excluding diaryl/α,β-unsaturated/α-hetero) is 2. The Morgan fingerprint density at radius 1 is 0.816 bits per heavy atom. The van der Waals surface area contributed by atoms with Gasteiger partial charge in [0.15, 0.2) is 11.6 Å². The zero-order valence-electron chi connectivity index (χ0n) is 23.2. The largest absolute Gasteiger partial charge is 0.497 e. The summed E-state index contributed by atoms with van der Waals surface area (Å²) in [5.41, 5.74) is 6.58. The highest BCUT2D eigenvalue weighted by Crippen LogP contribution is 2.35. The number of rotatable bonds is 4. The van der Waals surface area contributed by atoms with Crippen molar-refractivity contribution in [3.8, 4) is 11.5 Å². The molecule has 0 saturated heterocycles. The number of fused-ring (bicyclic) bond motifs is 6. The molecule has 0 spiro atoms. The van der Waals surface area contributed by atoms with Crippen molar-refractivity contribution in [3.05, 3.63) is 58.9 Å². The molecule has 6 heteroatoms. The number of carbonyl (C=O) groups excluding carboxylic acids is 2. The molecule has 2 aromatic heterocycles. The zero-order valence-corrected chi connectivity index (χ0v) is 23.2. The van der Waals surface area contributed by atoms with Gasteiger partial charge in [0.25, 0.3) is 0 Å². The molecule has 0 unspecified atom stereocenters. The molecule has 0 radical (unpaired) electrons. The molecule has 4 aromatic rings. The average Bonchev–Trinajstić information content (AvgIpc) is 3.43. The van der Waals surface area contributed by atoms with Crippen LogP contribution in [0.15, 0.2) is 36.4 Å². The van der Waals surface area contributed by atoms with Gasteiger partial charge in [0.05, 0.1) is 25.3 Å². The Labute approximate surface area is 224 Å². The number of H-pyrrole nitrogens is 1. The molecule has 0 fully saturated rings. The maximum Gasteiger partial charge on any atom is 0.165 e. The molecule has 0 amide bonds. The monoisotopic (exact) mass is 514 g/mol. The summed E-state index contributed by atoms with van der Waals surface area (Å²) in [6.07, 6.45) is 6.34. The molecule has 0 bridgehead atoms. The number of methoxy groups -OCH3 is 2. The van der Waals surface area contributed by atoms with Gasteiger partial charge in [-0.2, -0.15) is 0 Å². The normalized spacial score (nSPS) is 15.2. The van der Waals surface area contributed by atoms with Crippen LogP contribution in [-0.2, 0) is 19.4 Å². The summed E-state index contributed by atoms with van der Waals surface area (Å²) < 4.78 is 12.9. The fourth-order valence-corrected chi connectivity index (χ4v) is 5.74. The first kappa shape index (κ1) is 26.1. The van der Waals surface area contributed by atoms with E-state index in [1.54, 1.807) is 14.2 Å². The van der Waals surface area contributed by atoms with Crippen molar-refractivity contribution in [2.24, 2.45) is 5.41 Å². The Balaban J connectivity index is 0.000000162. The molecule has 38 heavy (non-hydrogen) atoms. The molecule has 0 saturated carbocycles. The second kappa shape index (κ2) is 10.3. The number of aromatic amines is 1. The van der Waals surface area contributed by atoms with Crippen molar-refractivity contribution in [1.82, 2.24) is 9.55 Å². The van der Waals surface area contributed by atoms with Crippen LogP contribution >= 0.6 is 0 Å². The molecule has 6 rings (SSSR count). The maximum atomic E-state index is 12.4. The van der Waals surface area contributed by atoms with Crippen LogP contribution in [0, 0.1) is 5.41 Å². The first-order valence-corrected chi connectivity index (χ1v) is 13.6. The van der Waals surface area contributed by atoms with E-state index in [1.807, 2.05) is 30.3 Å². The molecular weight excluding hydrogens is 476 g/mol. The van der Waals surface area contributed by atoms with Crippen molar-refractivity contribution in [2.45, 2.75) is 72.3 Å². The topological polar surface area (TPSA) is 73.3 Å². The summed E-state index contributed by atoms with van der Waals surface area (Å²) in [4.78, 5) is 27.6. The lowest BCUT2D eigenvalue weighted by molar-refractivity contribution is 0.0965. The first-order valence-electron chi connectivity index (χ1n) is 13.6. The average molecular weight is 515 g/mol. The first-order chi connectivity index (χ1) is 18.2. The van der Waals surface area contributed by atoms with E-state index in [1.165, 1.54) is 5.69 Å². The quantitative estimate of drug-likeness (QED) is 0.310. The smallest absolute Gasteiger partial charge is 0.165 e. The molecule has 2 aliphatic rings. The zero-order chi connectivity index (χ0) is 27.0. The standard InChI is InChI=1S/C19H25NO2.C13H13NO2/c1-19(2,3)10-11-20-15-6-5-7-17(21)18(15)14-9-8-13(22-4)12-16(14)20;1-16-8-5-6-9-11(7-8)14-10-3-2-4-12(15)13(9)10/h8-9,12H,5-7,10-11H2,1-4H3;5-7,14H,2-4H2,1H3. The minimum Gasteiger partial charge on any atom is -0.497 e. The van der Waals surface area contributed by atoms with Crippen molar-refractivity contribution >= 4 is 33.4 Å². The minimum absolute atomic E-state index is 0.262. The second-order valence-electron chi connectivity index (χ2n) is 11.6. The third-order valence-corrected chi connectivity index (χ3v) is 7.75. The number of aromatic nitrogens is 2. The van der Waals surface area contributed by atoms with Crippen molar-refractivity contribution < 1.29 is 19.1 Å². The van der Waals surface area contributed by atoms with Crippen molar-refractivity contribution in [2.75, 3.05) is 14.2 Å². The number of hydrogen-bond donors (Lipinski definition) is 1. The third kappa shape index (κ3) is 4.96. The Morgan fingerprint density at radius 2 is 1.45 bits per heavy atom. The van der Waals surface area contributed by atoms with Gasteiger partial charge < -0.3 is 19.0 Å². The molecule has 2 aliphatic carbocycles. The lowest BCUT2D eigenvalue weighted by Gasteiger charge is -2.21. The van der Waals surface area contributed by atoms with E-state index in [9.17, 15) is 9.59 Å². The van der Waals surface area contributed by atoms with E-state index >= 15 is 0 Å². The highest BCUT2D eigenvalue weighted by molar-refractivity contribution is 6.11. The van der Waals surface area contributed by atoms with Crippen LogP contribution in [0.4, 0.5) is 0 Å². The van der Waals surface area contributed by atoms with Gasteiger partial charge in [-0.3, -0.25) is 9.59 Å². The number of aryl methyl sites for hydroxylation is 2. The Kier molecular flexibility index (Phi) is 7.08. The van der Waals surface area contributed by atoms with Gasteiger partial charge in [-0.15, -0.1) is 0 Å². The molecule has 6 nitrogen and oxygen atoms in total. The summed E-state index contributed by atoms with van der Waals surface area (Å²) in [5.74, 6) is 2.23. The number of nitrogens with one attached hydrogen (secondary N) is 1. The van der Waals surface area contributed by atoms with Crippen LogP contribution in [-0.4, -0.2) is 35.3 Å². The van der Waals surface area contributed by atoms with Gasteiger partial charge in [0.1, 0.15) is 11.5 Å². The fourth-order valence-electron chi connectivity index (χ4n) is 5.74. The van der Waals surface area contributed by atoms with Crippen LogP contribution in [0.1, 0.15) is 85.0 Å². The van der Waals surface area contributed by atoms with Crippen molar-refractivity contribution in [3.63, 3.8) is 0 Å². The second-order valence-corrected chi connectivity index (χ2v) is 11.6. The van der Waals surface area contributed by atoms with Gasteiger partial charge in [-0.25, -0.2) is 0 Å². The Morgan fingerprint density at radius 3 is 2.13 bits per heavy atom. The van der Waals surface area contributed by atoms with E-state index in [0.717, 1.165) is 88.8 Å². The van der Waals surface area contributed by atoms with E-state index in [4.69, 9.17) is 9.47 Å². The van der Waals surface area contributed by atoms with Gasteiger partial charge >= 0.3 is 0 Å². The summed E-state index contributed by atoms with van der Waals surface area (Å²) in [6.45, 7) is 7.74. The maximum absolute atomic E-state index is 12.4. The number of nitrogens with zero attached hydrogens (tertiary/aromatic N) is 1. The molecule has 1 N–H and O–H groups in total. The number of carbonyl (C=O) groups is 2. The summed E-state index contributed by atoms with van der Waals surface area (Å²) in [6, 6.07) is 11.9. The lowest BCUT2D eigenvalue weighted by atomic mass is 9.92. The number of benzene rings is 2. The molecule has 0 aliphatic heterocycles. The van der Waals surface area contributed by atoms with Crippen LogP contribution in [0.2, 0.25) is 0 Å². The number of hydrogen-bond acceptors (Lipinski definition) is 4. The van der Waals surface area contributed by atoms with Crippen molar-refractivity contribution in [1.29, 1.82) is 0 Å². The Hall–Kier alpha value is -3.54. The Bertz CT molecular complexity index is 1520. The van der Waals surface area contributed by atoms with Gasteiger partial charge in [0, 0.05) is 64.8 Å². The van der Waals surface area contributed by atoms with Crippen LogP contribution in [0.5, 0.6) is 11.5 Å².